The Balaban J connectivity index is 0.00000320. The van der Waals surface area contributed by atoms with E-state index in [0.717, 1.165) is 42.2 Å². The molecule has 1 heterocycles. The van der Waals surface area contributed by atoms with Crippen molar-refractivity contribution >= 4 is 35.8 Å². The number of rotatable bonds is 8. The Labute approximate surface area is 196 Å². The molecule has 6 nitrogen and oxygen atoms in total. The maximum absolute atomic E-state index is 12.2. The van der Waals surface area contributed by atoms with Crippen LogP contribution < -0.4 is 10.6 Å². The lowest BCUT2D eigenvalue weighted by molar-refractivity contribution is 0.0827. The average molecular weight is 524 g/mol. The summed E-state index contributed by atoms with van der Waals surface area (Å²) >= 11 is 0. The van der Waals surface area contributed by atoms with Crippen molar-refractivity contribution in [3.05, 3.63) is 59.5 Å². The largest absolute Gasteiger partial charge is 0.469 e. The van der Waals surface area contributed by atoms with E-state index in [-0.39, 0.29) is 29.9 Å². The van der Waals surface area contributed by atoms with Gasteiger partial charge in [0.25, 0.3) is 5.91 Å². The van der Waals surface area contributed by atoms with Crippen molar-refractivity contribution in [3.63, 3.8) is 0 Å². The molecule has 1 saturated carbocycles. The quantitative estimate of drug-likeness (QED) is 0.313. The summed E-state index contributed by atoms with van der Waals surface area (Å²) in [7, 11) is 3.55. The van der Waals surface area contributed by atoms with Crippen LogP contribution in [0.15, 0.2) is 52.1 Å². The second kappa shape index (κ2) is 12.6. The maximum atomic E-state index is 12.2. The normalized spacial score (nSPS) is 14.3. The number of aliphatic imine (C=N–C) groups is 1. The number of amides is 1. The molecule has 1 fully saturated rings. The van der Waals surface area contributed by atoms with Crippen molar-refractivity contribution in [3.8, 4) is 0 Å². The number of carbonyl (C=O) groups excluding carboxylic acids is 1. The van der Waals surface area contributed by atoms with E-state index < -0.39 is 0 Å². The third-order valence-corrected chi connectivity index (χ3v) is 5.19. The molecule has 0 saturated heterocycles. The van der Waals surface area contributed by atoms with Crippen molar-refractivity contribution in [1.29, 1.82) is 0 Å². The van der Waals surface area contributed by atoms with Gasteiger partial charge in [-0.2, -0.15) is 0 Å². The van der Waals surface area contributed by atoms with Crippen LogP contribution in [0.1, 0.15) is 47.4 Å². The zero-order valence-corrected chi connectivity index (χ0v) is 20.2. The fourth-order valence-corrected chi connectivity index (χ4v) is 3.59. The minimum absolute atomic E-state index is 0. The average Bonchev–Trinajstić information content (AvgIpc) is 3.41. The predicted molar refractivity (Wildman–Crippen MR) is 132 cm³/mol. The van der Waals surface area contributed by atoms with Crippen LogP contribution in [0.3, 0.4) is 0 Å². The molecule has 1 aromatic heterocycles. The van der Waals surface area contributed by atoms with Gasteiger partial charge in [-0.05, 0) is 49.1 Å². The Morgan fingerprint density at radius 3 is 2.67 bits per heavy atom. The Bertz CT molecular complexity index is 799. The lowest BCUT2D eigenvalue weighted by atomic mass is 10.1. The van der Waals surface area contributed by atoms with E-state index in [4.69, 9.17) is 9.41 Å². The summed E-state index contributed by atoms with van der Waals surface area (Å²) in [5.41, 5.74) is 1.87. The number of nitrogens with zero attached hydrogens (tertiary/aromatic N) is 2. The number of carbonyl (C=O) groups is 1. The van der Waals surface area contributed by atoms with Gasteiger partial charge in [-0.1, -0.05) is 25.0 Å². The third kappa shape index (κ3) is 7.66. The molecule has 30 heavy (non-hydrogen) atoms. The number of hydrogen-bond acceptors (Lipinski definition) is 3. The number of guanidine groups is 1. The standard InChI is InChI=1S/C23H32N4O2.HI/c1-27(2)22(28)19-8-5-7-18(17-19)12-14-24-23(26-20-9-3-4-10-20)25-15-13-21-11-6-16-29-21;/h5-8,11,16-17,20H,3-4,9-10,12-15H2,1-2H3,(H2,24,25,26);1H. The molecule has 0 bridgehead atoms. The lowest BCUT2D eigenvalue weighted by Crippen LogP contribution is -2.43. The van der Waals surface area contributed by atoms with Crippen molar-refractivity contribution in [1.82, 2.24) is 15.5 Å². The van der Waals surface area contributed by atoms with E-state index in [0.29, 0.717) is 12.6 Å². The van der Waals surface area contributed by atoms with Crippen LogP contribution in [0.5, 0.6) is 0 Å². The first kappa shape index (κ1) is 24.2. The minimum Gasteiger partial charge on any atom is -0.469 e. The van der Waals surface area contributed by atoms with Crippen molar-refractivity contribution in [2.24, 2.45) is 4.99 Å². The van der Waals surface area contributed by atoms with Gasteiger partial charge in [0.2, 0.25) is 0 Å². The van der Waals surface area contributed by atoms with Crippen LogP contribution in [0, 0.1) is 0 Å². The summed E-state index contributed by atoms with van der Waals surface area (Å²) < 4.78 is 5.39. The summed E-state index contributed by atoms with van der Waals surface area (Å²) in [4.78, 5) is 18.5. The van der Waals surface area contributed by atoms with Crippen molar-refractivity contribution in [2.75, 3.05) is 27.2 Å². The van der Waals surface area contributed by atoms with Crippen molar-refractivity contribution in [2.45, 2.75) is 44.6 Å². The number of furan rings is 1. The smallest absolute Gasteiger partial charge is 0.253 e. The van der Waals surface area contributed by atoms with Crippen LogP contribution in [0.2, 0.25) is 0 Å². The molecule has 164 valence electrons. The molecule has 1 aliphatic rings. The molecule has 2 aromatic rings. The zero-order valence-electron chi connectivity index (χ0n) is 17.9. The van der Waals surface area contributed by atoms with Gasteiger partial charge < -0.3 is 20.0 Å². The van der Waals surface area contributed by atoms with Crippen LogP contribution in [0.4, 0.5) is 0 Å². The summed E-state index contributed by atoms with van der Waals surface area (Å²) in [6.45, 7) is 1.45. The number of nitrogens with one attached hydrogen (secondary N) is 2. The molecule has 1 aromatic carbocycles. The summed E-state index contributed by atoms with van der Waals surface area (Å²) in [5.74, 6) is 1.85. The molecule has 0 atom stereocenters. The van der Waals surface area contributed by atoms with Gasteiger partial charge in [-0.25, -0.2) is 0 Å². The van der Waals surface area contributed by atoms with E-state index >= 15 is 0 Å². The van der Waals surface area contributed by atoms with E-state index in [1.54, 1.807) is 25.3 Å². The lowest BCUT2D eigenvalue weighted by Gasteiger charge is -2.17. The summed E-state index contributed by atoms with van der Waals surface area (Å²) in [6.07, 6.45) is 8.29. The fourth-order valence-electron chi connectivity index (χ4n) is 3.59. The van der Waals surface area contributed by atoms with Gasteiger partial charge in [0.15, 0.2) is 5.96 Å². The Kier molecular flexibility index (Phi) is 10.2. The molecule has 0 spiro atoms. The van der Waals surface area contributed by atoms with Crippen LogP contribution in [0.25, 0.3) is 0 Å². The first-order valence-electron chi connectivity index (χ1n) is 10.5. The molecular formula is C23H33IN4O2. The molecular weight excluding hydrogens is 491 g/mol. The third-order valence-electron chi connectivity index (χ3n) is 5.19. The van der Waals surface area contributed by atoms with Gasteiger partial charge in [0.05, 0.1) is 6.26 Å². The second-order valence-electron chi connectivity index (χ2n) is 7.76. The second-order valence-corrected chi connectivity index (χ2v) is 7.76. The van der Waals surface area contributed by atoms with Crippen LogP contribution >= 0.6 is 24.0 Å². The highest BCUT2D eigenvalue weighted by Gasteiger charge is 2.16. The molecule has 2 N–H and O–H groups in total. The first-order valence-corrected chi connectivity index (χ1v) is 10.5. The molecule has 7 heteroatoms. The molecule has 1 amide bonds. The van der Waals surface area contributed by atoms with Gasteiger partial charge >= 0.3 is 0 Å². The van der Waals surface area contributed by atoms with Crippen molar-refractivity contribution < 1.29 is 9.21 Å². The number of hydrogen-bond donors (Lipinski definition) is 2. The predicted octanol–water partition coefficient (Wildman–Crippen LogP) is 3.86. The SMILES string of the molecule is CN(C)C(=O)c1cccc(CCNC(=NCCc2ccco2)NC2CCCC2)c1.I. The number of halogens is 1. The molecule has 3 rings (SSSR count). The summed E-state index contributed by atoms with van der Waals surface area (Å²) in [6, 6.07) is 12.2. The Hall–Kier alpha value is -2.03. The Morgan fingerprint density at radius 2 is 1.97 bits per heavy atom. The minimum atomic E-state index is 0. The van der Waals surface area contributed by atoms with E-state index in [2.05, 4.69) is 16.7 Å². The van der Waals surface area contributed by atoms with E-state index in [1.807, 2.05) is 30.3 Å². The molecule has 0 aliphatic heterocycles. The van der Waals surface area contributed by atoms with E-state index in [9.17, 15) is 4.79 Å². The van der Waals surface area contributed by atoms with E-state index in [1.165, 1.54) is 25.7 Å². The number of benzene rings is 1. The monoisotopic (exact) mass is 524 g/mol. The van der Waals surface area contributed by atoms with Crippen LogP contribution in [-0.4, -0.2) is 50.0 Å². The van der Waals surface area contributed by atoms with Gasteiger partial charge in [0, 0.05) is 45.2 Å². The first-order chi connectivity index (χ1) is 14.1. The molecule has 1 aliphatic carbocycles. The topological polar surface area (TPSA) is 69.9 Å². The molecule has 0 radical (unpaired) electrons. The van der Waals surface area contributed by atoms with Gasteiger partial charge in [-0.15, -0.1) is 24.0 Å². The van der Waals surface area contributed by atoms with Gasteiger partial charge in [-0.3, -0.25) is 9.79 Å². The zero-order chi connectivity index (χ0) is 20.5. The van der Waals surface area contributed by atoms with Gasteiger partial charge in [0.1, 0.15) is 5.76 Å². The summed E-state index contributed by atoms with van der Waals surface area (Å²) in [5, 5.41) is 7.03. The van der Waals surface area contributed by atoms with Crippen LogP contribution in [-0.2, 0) is 12.8 Å². The highest BCUT2D eigenvalue weighted by Crippen LogP contribution is 2.17. The highest BCUT2D eigenvalue weighted by molar-refractivity contribution is 14.0. The highest BCUT2D eigenvalue weighted by atomic mass is 127. The molecule has 0 unspecified atom stereocenters. The fraction of sp³-hybridized carbons (Fsp3) is 0.478. The Morgan fingerprint density at radius 1 is 1.17 bits per heavy atom. The maximum Gasteiger partial charge on any atom is 0.253 e.